The van der Waals surface area contributed by atoms with Gasteiger partial charge in [0.1, 0.15) is 0 Å². The number of likely N-dealkylation sites (N-methyl/N-ethyl adjacent to an activating group) is 1. The molecule has 2 rings (SSSR count). The van der Waals surface area contributed by atoms with Gasteiger partial charge in [0.05, 0.1) is 6.54 Å². The van der Waals surface area contributed by atoms with E-state index in [2.05, 4.69) is 10.6 Å². The lowest BCUT2D eigenvalue weighted by molar-refractivity contribution is -0.127. The van der Waals surface area contributed by atoms with Gasteiger partial charge in [-0.05, 0) is 36.6 Å². The molecule has 1 aromatic rings. The number of hydrogen-bond acceptors (Lipinski definition) is 3. The van der Waals surface area contributed by atoms with Gasteiger partial charge in [-0.15, -0.1) is 0 Å². The molecule has 1 aliphatic rings. The smallest absolute Gasteiger partial charge is 0.251 e. The molecule has 19 heavy (non-hydrogen) atoms. The molecular formula is C14H19N3O2. The summed E-state index contributed by atoms with van der Waals surface area (Å²) in [7, 11) is 3.33. The Bertz CT molecular complexity index is 497. The van der Waals surface area contributed by atoms with Crippen molar-refractivity contribution < 1.29 is 9.59 Å². The molecule has 1 aliphatic heterocycles. The second-order valence-corrected chi connectivity index (χ2v) is 4.87. The van der Waals surface area contributed by atoms with Crippen LogP contribution in [0.25, 0.3) is 0 Å². The molecule has 0 atom stereocenters. The number of fused-ring (bicyclic) bond motifs is 1. The SMILES string of the molecule is CN(C)C(=O)CNC(=O)c1ccc2c(c1)CCCN2. The summed E-state index contributed by atoms with van der Waals surface area (Å²) < 4.78 is 0. The maximum absolute atomic E-state index is 12.0. The first-order valence-corrected chi connectivity index (χ1v) is 6.43. The van der Waals surface area contributed by atoms with Crippen molar-refractivity contribution >= 4 is 17.5 Å². The second kappa shape index (κ2) is 5.73. The second-order valence-electron chi connectivity index (χ2n) is 4.87. The van der Waals surface area contributed by atoms with Crippen LogP contribution in [-0.2, 0) is 11.2 Å². The molecule has 0 radical (unpaired) electrons. The van der Waals surface area contributed by atoms with Gasteiger partial charge in [0.25, 0.3) is 5.91 Å². The number of hydrogen-bond donors (Lipinski definition) is 2. The standard InChI is InChI=1S/C14H19N3O2/c1-17(2)13(18)9-16-14(19)11-5-6-12-10(8-11)4-3-7-15-12/h5-6,8,15H,3-4,7,9H2,1-2H3,(H,16,19). The fourth-order valence-corrected chi connectivity index (χ4v) is 2.03. The van der Waals surface area contributed by atoms with Gasteiger partial charge in [-0.1, -0.05) is 0 Å². The molecule has 2 N–H and O–H groups in total. The summed E-state index contributed by atoms with van der Waals surface area (Å²) in [5, 5.41) is 5.94. The van der Waals surface area contributed by atoms with Crippen molar-refractivity contribution in [2.75, 3.05) is 32.5 Å². The summed E-state index contributed by atoms with van der Waals surface area (Å²) in [5.74, 6) is -0.323. The molecule has 0 spiro atoms. The van der Waals surface area contributed by atoms with E-state index in [9.17, 15) is 9.59 Å². The van der Waals surface area contributed by atoms with Crippen molar-refractivity contribution in [1.29, 1.82) is 0 Å². The number of carbonyl (C=O) groups excluding carboxylic acids is 2. The van der Waals surface area contributed by atoms with Crippen LogP contribution in [0.5, 0.6) is 0 Å². The number of carbonyl (C=O) groups is 2. The van der Waals surface area contributed by atoms with Gasteiger partial charge in [-0.25, -0.2) is 0 Å². The minimum absolute atomic E-state index is 0.0289. The number of aryl methyl sites for hydroxylation is 1. The van der Waals surface area contributed by atoms with E-state index in [1.54, 1.807) is 20.2 Å². The number of nitrogens with zero attached hydrogens (tertiary/aromatic N) is 1. The Labute approximate surface area is 113 Å². The summed E-state index contributed by atoms with van der Waals surface area (Å²) in [6, 6.07) is 5.61. The highest BCUT2D eigenvalue weighted by atomic mass is 16.2. The van der Waals surface area contributed by atoms with Gasteiger partial charge in [0, 0.05) is 31.9 Å². The predicted molar refractivity (Wildman–Crippen MR) is 74.3 cm³/mol. The number of anilines is 1. The molecule has 0 saturated heterocycles. The van der Waals surface area contributed by atoms with E-state index in [1.165, 1.54) is 4.90 Å². The summed E-state index contributed by atoms with van der Waals surface area (Å²) in [4.78, 5) is 24.8. The summed E-state index contributed by atoms with van der Waals surface area (Å²) in [5.41, 5.74) is 2.87. The topological polar surface area (TPSA) is 61.4 Å². The summed E-state index contributed by atoms with van der Waals surface area (Å²) >= 11 is 0. The van der Waals surface area contributed by atoms with E-state index < -0.39 is 0 Å². The number of benzene rings is 1. The Morgan fingerprint density at radius 3 is 2.89 bits per heavy atom. The van der Waals surface area contributed by atoms with Crippen molar-refractivity contribution in [3.8, 4) is 0 Å². The van der Waals surface area contributed by atoms with Crippen molar-refractivity contribution in [2.24, 2.45) is 0 Å². The van der Waals surface area contributed by atoms with Gasteiger partial charge in [-0.2, -0.15) is 0 Å². The third kappa shape index (κ3) is 3.24. The van der Waals surface area contributed by atoms with Gasteiger partial charge in [0.2, 0.25) is 5.91 Å². The van der Waals surface area contributed by atoms with E-state index in [0.29, 0.717) is 5.56 Å². The molecule has 0 unspecified atom stereocenters. The maximum atomic E-state index is 12.0. The Hall–Kier alpha value is -2.04. The lowest BCUT2D eigenvalue weighted by Gasteiger charge is -2.18. The zero-order valence-electron chi connectivity index (χ0n) is 11.3. The van der Waals surface area contributed by atoms with Crippen LogP contribution >= 0.6 is 0 Å². The first-order valence-electron chi connectivity index (χ1n) is 6.43. The molecule has 1 aromatic carbocycles. The maximum Gasteiger partial charge on any atom is 0.251 e. The molecule has 0 bridgehead atoms. The Kier molecular flexibility index (Phi) is 4.04. The van der Waals surface area contributed by atoms with Crippen LogP contribution in [0.3, 0.4) is 0 Å². The zero-order valence-corrected chi connectivity index (χ0v) is 11.3. The third-order valence-corrected chi connectivity index (χ3v) is 3.20. The highest BCUT2D eigenvalue weighted by Crippen LogP contribution is 2.22. The molecule has 5 nitrogen and oxygen atoms in total. The fraction of sp³-hybridized carbons (Fsp3) is 0.429. The van der Waals surface area contributed by atoms with Crippen molar-refractivity contribution in [3.05, 3.63) is 29.3 Å². The van der Waals surface area contributed by atoms with E-state index in [0.717, 1.165) is 30.6 Å². The Morgan fingerprint density at radius 1 is 1.37 bits per heavy atom. The van der Waals surface area contributed by atoms with E-state index in [1.807, 2.05) is 12.1 Å². The van der Waals surface area contributed by atoms with Crippen molar-refractivity contribution in [1.82, 2.24) is 10.2 Å². The lowest BCUT2D eigenvalue weighted by Crippen LogP contribution is -2.36. The quantitative estimate of drug-likeness (QED) is 0.848. The van der Waals surface area contributed by atoms with Crippen LogP contribution in [-0.4, -0.2) is 43.9 Å². The van der Waals surface area contributed by atoms with Crippen LogP contribution < -0.4 is 10.6 Å². The molecule has 2 amide bonds. The third-order valence-electron chi connectivity index (χ3n) is 3.20. The highest BCUT2D eigenvalue weighted by molar-refractivity contribution is 5.97. The van der Waals surface area contributed by atoms with E-state index in [4.69, 9.17) is 0 Å². The van der Waals surface area contributed by atoms with Gasteiger partial charge in [-0.3, -0.25) is 9.59 Å². The van der Waals surface area contributed by atoms with Gasteiger partial charge < -0.3 is 15.5 Å². The first kappa shape index (κ1) is 13.4. The zero-order chi connectivity index (χ0) is 13.8. The number of nitrogens with one attached hydrogen (secondary N) is 2. The molecule has 1 heterocycles. The van der Waals surface area contributed by atoms with Gasteiger partial charge >= 0.3 is 0 Å². The molecular weight excluding hydrogens is 242 g/mol. The van der Waals surface area contributed by atoms with Crippen LogP contribution in [0.1, 0.15) is 22.3 Å². The summed E-state index contributed by atoms with van der Waals surface area (Å²) in [6.07, 6.45) is 2.07. The van der Waals surface area contributed by atoms with Crippen LogP contribution in [0.2, 0.25) is 0 Å². The van der Waals surface area contributed by atoms with Crippen molar-refractivity contribution in [3.63, 3.8) is 0 Å². The average Bonchev–Trinajstić information content (AvgIpc) is 2.43. The molecule has 0 aromatic heterocycles. The minimum Gasteiger partial charge on any atom is -0.385 e. The normalized spacial score (nSPS) is 13.2. The largest absolute Gasteiger partial charge is 0.385 e. The predicted octanol–water partition coefficient (Wildman–Crippen LogP) is 0.863. The fourth-order valence-electron chi connectivity index (χ4n) is 2.03. The highest BCUT2D eigenvalue weighted by Gasteiger charge is 2.13. The van der Waals surface area contributed by atoms with Crippen LogP contribution in [0.4, 0.5) is 5.69 Å². The lowest BCUT2D eigenvalue weighted by atomic mass is 10.0. The van der Waals surface area contributed by atoms with E-state index in [-0.39, 0.29) is 18.4 Å². The van der Waals surface area contributed by atoms with Gasteiger partial charge in [0.15, 0.2) is 0 Å². The molecule has 0 fully saturated rings. The summed E-state index contributed by atoms with van der Waals surface area (Å²) in [6.45, 7) is 1.01. The van der Waals surface area contributed by atoms with Crippen molar-refractivity contribution in [2.45, 2.75) is 12.8 Å². The number of rotatable bonds is 3. The Morgan fingerprint density at radius 2 is 2.16 bits per heavy atom. The Balaban J connectivity index is 2.01. The first-order chi connectivity index (χ1) is 9.08. The average molecular weight is 261 g/mol. The number of amides is 2. The van der Waals surface area contributed by atoms with Crippen LogP contribution in [0, 0.1) is 0 Å². The molecule has 0 aliphatic carbocycles. The van der Waals surface area contributed by atoms with Crippen LogP contribution in [0.15, 0.2) is 18.2 Å². The molecule has 5 heteroatoms. The molecule has 0 saturated carbocycles. The van der Waals surface area contributed by atoms with E-state index >= 15 is 0 Å². The molecule has 102 valence electrons. The minimum atomic E-state index is -0.205. The monoisotopic (exact) mass is 261 g/mol.